The molecule has 0 aromatic rings. The average Bonchev–Trinajstić information content (AvgIpc) is 1.89. The maximum absolute atomic E-state index is 5.15. The second-order valence-electron chi connectivity index (χ2n) is 2.21. The summed E-state index contributed by atoms with van der Waals surface area (Å²) in [5.41, 5.74) is 0. The summed E-state index contributed by atoms with van der Waals surface area (Å²) in [5, 5.41) is 6.60. The normalized spacial score (nSPS) is 13.4. The van der Waals surface area contributed by atoms with Crippen LogP contribution in [0.4, 0.5) is 0 Å². The zero-order chi connectivity index (χ0) is 7.98. The first-order valence-corrected chi connectivity index (χ1v) is 4.16. The smallest absolute Gasteiger partial charge is 0.0995 e. The lowest BCUT2D eigenvalue weighted by molar-refractivity contribution is 0.893. The number of hydrogen-bond donors (Lipinski definition) is 1. The summed E-state index contributed by atoms with van der Waals surface area (Å²) in [6.45, 7) is 6.12. The minimum Gasteiger partial charge on any atom is -0.323 e. The van der Waals surface area contributed by atoms with Crippen LogP contribution in [0, 0.1) is 5.92 Å². The number of nitrogens with two attached hydrogens (primary N) is 1. The van der Waals surface area contributed by atoms with Crippen molar-refractivity contribution in [2.45, 2.75) is 20.8 Å². The second kappa shape index (κ2) is 5.35. The molecule has 2 N–H and O–H groups in total. The lowest BCUT2D eigenvalue weighted by Crippen LogP contribution is -2.04. The molecule has 0 atom stereocenters. The number of hydrazone groups is 1. The van der Waals surface area contributed by atoms with Gasteiger partial charge < -0.3 is 5.84 Å². The van der Waals surface area contributed by atoms with Crippen molar-refractivity contribution in [1.82, 2.24) is 0 Å². The Morgan fingerprint density at radius 1 is 1.60 bits per heavy atom. The van der Waals surface area contributed by atoms with E-state index in [4.69, 9.17) is 5.84 Å². The van der Waals surface area contributed by atoms with E-state index in [1.54, 1.807) is 11.8 Å². The zero-order valence-electron chi connectivity index (χ0n) is 6.66. The van der Waals surface area contributed by atoms with Gasteiger partial charge in [0.05, 0.1) is 5.04 Å². The van der Waals surface area contributed by atoms with Crippen molar-refractivity contribution in [1.29, 1.82) is 0 Å². The van der Waals surface area contributed by atoms with E-state index in [2.05, 4.69) is 18.9 Å². The van der Waals surface area contributed by atoms with Crippen molar-refractivity contribution in [2.24, 2.45) is 16.9 Å². The molecule has 0 unspecified atom stereocenters. The maximum atomic E-state index is 5.15. The van der Waals surface area contributed by atoms with E-state index >= 15 is 0 Å². The van der Waals surface area contributed by atoms with Gasteiger partial charge in [0.25, 0.3) is 0 Å². The van der Waals surface area contributed by atoms with Crippen molar-refractivity contribution in [3.63, 3.8) is 0 Å². The first-order chi connectivity index (χ1) is 4.72. The Morgan fingerprint density at radius 3 is 2.50 bits per heavy atom. The summed E-state index contributed by atoms with van der Waals surface area (Å²) >= 11 is 1.57. The third kappa shape index (κ3) is 3.56. The predicted octanol–water partition coefficient (Wildman–Crippen LogP) is 2.18. The van der Waals surface area contributed by atoms with Crippen LogP contribution in [0.2, 0.25) is 0 Å². The lowest BCUT2D eigenvalue weighted by atomic mass is 10.2. The quantitative estimate of drug-likeness (QED) is 0.289. The second-order valence-corrected chi connectivity index (χ2v) is 3.14. The Morgan fingerprint density at radius 2 is 2.20 bits per heavy atom. The Kier molecular flexibility index (Phi) is 5.12. The highest BCUT2D eigenvalue weighted by atomic mass is 32.2. The van der Waals surface area contributed by atoms with Crippen molar-refractivity contribution >= 4 is 16.8 Å². The van der Waals surface area contributed by atoms with Crippen molar-refractivity contribution in [2.75, 3.05) is 0 Å². The van der Waals surface area contributed by atoms with Crippen LogP contribution in [0.15, 0.2) is 16.6 Å². The molecule has 0 rings (SSSR count). The first-order valence-electron chi connectivity index (χ1n) is 3.28. The van der Waals surface area contributed by atoms with E-state index in [1.165, 1.54) is 0 Å². The molecular formula is C7H14N2S. The molecule has 0 aliphatic heterocycles. The molecular weight excluding hydrogens is 144 g/mol. The van der Waals surface area contributed by atoms with E-state index in [1.807, 2.05) is 18.4 Å². The Hall–Kier alpha value is -0.440. The molecule has 10 heavy (non-hydrogen) atoms. The molecule has 0 saturated carbocycles. The molecule has 58 valence electrons. The van der Waals surface area contributed by atoms with Gasteiger partial charge in [0.1, 0.15) is 0 Å². The van der Waals surface area contributed by atoms with Gasteiger partial charge in [-0.15, -0.1) is 0 Å². The zero-order valence-corrected chi connectivity index (χ0v) is 7.48. The molecule has 0 bridgehead atoms. The van der Waals surface area contributed by atoms with Crippen LogP contribution in [0.25, 0.3) is 0 Å². The van der Waals surface area contributed by atoms with Crippen LogP contribution < -0.4 is 5.84 Å². The Balaban J connectivity index is 3.86. The fraction of sp³-hybridized carbons (Fsp3) is 0.571. The van der Waals surface area contributed by atoms with Gasteiger partial charge in [0.15, 0.2) is 0 Å². The molecule has 0 spiro atoms. The fourth-order valence-electron chi connectivity index (χ4n) is 0.453. The third-order valence-electron chi connectivity index (χ3n) is 0.946. The van der Waals surface area contributed by atoms with Crippen LogP contribution >= 0.6 is 11.8 Å². The molecule has 0 aromatic heterocycles. The van der Waals surface area contributed by atoms with Crippen LogP contribution in [0.3, 0.4) is 0 Å². The minimum absolute atomic E-state index is 0.422. The van der Waals surface area contributed by atoms with Crippen molar-refractivity contribution in [3.05, 3.63) is 11.5 Å². The molecule has 3 heteroatoms. The SMILES string of the molecule is C/C=C\S/C(=N\N)C(C)C. The standard InChI is InChI=1S/C7H14N2S/c1-4-5-10-7(9-8)6(2)3/h4-6H,8H2,1-3H3/b5-4-,9-7-. The highest BCUT2D eigenvalue weighted by Gasteiger charge is 2.01. The predicted molar refractivity (Wildman–Crippen MR) is 48.9 cm³/mol. The molecule has 0 saturated heterocycles. The first kappa shape index (κ1) is 9.56. The van der Waals surface area contributed by atoms with Gasteiger partial charge in [0, 0.05) is 5.92 Å². The Bertz CT molecular complexity index is 139. The van der Waals surface area contributed by atoms with E-state index in [0.29, 0.717) is 5.92 Å². The highest BCUT2D eigenvalue weighted by molar-refractivity contribution is 8.16. The summed E-state index contributed by atoms with van der Waals surface area (Å²) in [6, 6.07) is 0. The van der Waals surface area contributed by atoms with Crippen LogP contribution in [0.5, 0.6) is 0 Å². The number of allylic oxidation sites excluding steroid dienone is 1. The fourth-order valence-corrected chi connectivity index (χ4v) is 1.06. The van der Waals surface area contributed by atoms with Crippen molar-refractivity contribution in [3.8, 4) is 0 Å². The summed E-state index contributed by atoms with van der Waals surface area (Å²) < 4.78 is 0. The molecule has 0 amide bonds. The Labute approximate surface area is 66.6 Å². The average molecular weight is 158 g/mol. The molecule has 0 aromatic carbocycles. The molecule has 0 fully saturated rings. The van der Waals surface area contributed by atoms with Crippen LogP contribution in [0.1, 0.15) is 20.8 Å². The topological polar surface area (TPSA) is 38.4 Å². The molecule has 0 heterocycles. The van der Waals surface area contributed by atoms with Crippen LogP contribution in [-0.2, 0) is 0 Å². The number of rotatable bonds is 2. The highest BCUT2D eigenvalue weighted by Crippen LogP contribution is 2.12. The molecule has 0 aliphatic carbocycles. The van der Waals surface area contributed by atoms with Crippen LogP contribution in [-0.4, -0.2) is 5.04 Å². The lowest BCUT2D eigenvalue weighted by Gasteiger charge is -2.03. The summed E-state index contributed by atoms with van der Waals surface area (Å²) in [5.74, 6) is 5.57. The number of thioether (sulfide) groups is 1. The largest absolute Gasteiger partial charge is 0.323 e. The molecule has 2 nitrogen and oxygen atoms in total. The van der Waals surface area contributed by atoms with Gasteiger partial charge in [-0.2, -0.15) is 5.10 Å². The number of nitrogens with zero attached hydrogens (tertiary/aromatic N) is 1. The maximum Gasteiger partial charge on any atom is 0.0995 e. The molecule has 0 aliphatic rings. The van der Waals surface area contributed by atoms with E-state index in [9.17, 15) is 0 Å². The summed E-state index contributed by atoms with van der Waals surface area (Å²) in [4.78, 5) is 0. The van der Waals surface area contributed by atoms with Gasteiger partial charge >= 0.3 is 0 Å². The van der Waals surface area contributed by atoms with Crippen molar-refractivity contribution < 1.29 is 0 Å². The summed E-state index contributed by atoms with van der Waals surface area (Å²) in [6.07, 6.45) is 1.97. The van der Waals surface area contributed by atoms with Gasteiger partial charge in [0.2, 0.25) is 0 Å². The molecule has 0 radical (unpaired) electrons. The van der Waals surface area contributed by atoms with Gasteiger partial charge in [-0.25, -0.2) is 0 Å². The third-order valence-corrected chi connectivity index (χ3v) is 2.17. The number of hydrogen-bond acceptors (Lipinski definition) is 3. The van der Waals surface area contributed by atoms with Gasteiger partial charge in [-0.05, 0) is 12.3 Å². The minimum atomic E-state index is 0.422. The van der Waals surface area contributed by atoms with E-state index in [-0.39, 0.29) is 0 Å². The monoisotopic (exact) mass is 158 g/mol. The van der Waals surface area contributed by atoms with Gasteiger partial charge in [-0.1, -0.05) is 31.7 Å². The summed E-state index contributed by atoms with van der Waals surface area (Å²) in [7, 11) is 0. The van der Waals surface area contributed by atoms with Gasteiger partial charge in [-0.3, -0.25) is 0 Å². The van der Waals surface area contributed by atoms with E-state index in [0.717, 1.165) is 5.04 Å². The van der Waals surface area contributed by atoms with E-state index < -0.39 is 0 Å².